The van der Waals surface area contributed by atoms with Gasteiger partial charge in [0.05, 0.1) is 19.1 Å². The van der Waals surface area contributed by atoms with E-state index in [9.17, 15) is 5.26 Å². The summed E-state index contributed by atoms with van der Waals surface area (Å²) in [4.78, 5) is 0. The number of benzene rings is 1. The molecule has 88 valence electrons. The fraction of sp³-hybridized carbons (Fsp3) is 0.533. The molecule has 2 aliphatic rings. The number of hydrogen-bond acceptors (Lipinski definition) is 2. The third kappa shape index (κ3) is 1.38. The second-order valence-electron chi connectivity index (χ2n) is 5.25. The Morgan fingerprint density at radius 2 is 2.29 bits per heavy atom. The van der Waals surface area contributed by atoms with Gasteiger partial charge in [0, 0.05) is 5.41 Å². The molecule has 1 aromatic carbocycles. The van der Waals surface area contributed by atoms with E-state index in [0.29, 0.717) is 0 Å². The molecule has 0 radical (unpaired) electrons. The number of rotatable bonds is 1. The van der Waals surface area contributed by atoms with Crippen molar-refractivity contribution >= 4 is 0 Å². The summed E-state index contributed by atoms with van der Waals surface area (Å²) in [5.74, 6) is 1.14. The van der Waals surface area contributed by atoms with Crippen LogP contribution in [0.4, 0.5) is 0 Å². The number of nitriles is 1. The molecule has 3 rings (SSSR count). The molecule has 0 N–H and O–H groups in total. The topological polar surface area (TPSA) is 33.0 Å². The molecular weight excluding hydrogens is 210 g/mol. The van der Waals surface area contributed by atoms with Crippen LogP contribution in [0.2, 0.25) is 0 Å². The van der Waals surface area contributed by atoms with Crippen LogP contribution in [0.15, 0.2) is 18.2 Å². The summed E-state index contributed by atoms with van der Waals surface area (Å²) in [7, 11) is 1.71. The van der Waals surface area contributed by atoms with Gasteiger partial charge in [-0.05, 0) is 55.4 Å². The third-order valence-corrected chi connectivity index (χ3v) is 4.62. The average Bonchev–Trinajstić information content (AvgIpc) is 2.36. The van der Waals surface area contributed by atoms with Gasteiger partial charge < -0.3 is 4.74 Å². The van der Waals surface area contributed by atoms with Crippen molar-refractivity contribution in [2.75, 3.05) is 7.11 Å². The van der Waals surface area contributed by atoms with Crippen molar-refractivity contribution in [2.45, 2.75) is 37.5 Å². The molecule has 0 bridgehead atoms. The highest BCUT2D eigenvalue weighted by Crippen LogP contribution is 2.55. The standard InChI is InChI=1S/C15H17NO/c1-17-13-5-4-11-3-2-7-15(14(11)9-13)8-6-12(15)10-16/h4-5,9,12H,2-3,6-8H2,1H3/t12-,15+/m1/s1. The zero-order chi connectivity index (χ0) is 11.9. The smallest absolute Gasteiger partial charge is 0.119 e. The zero-order valence-corrected chi connectivity index (χ0v) is 10.2. The first-order chi connectivity index (χ1) is 8.30. The van der Waals surface area contributed by atoms with Gasteiger partial charge in [-0.2, -0.15) is 5.26 Å². The van der Waals surface area contributed by atoms with E-state index < -0.39 is 0 Å². The summed E-state index contributed by atoms with van der Waals surface area (Å²) in [6, 6.07) is 8.89. The normalized spacial score (nSPS) is 30.2. The average molecular weight is 227 g/mol. The van der Waals surface area contributed by atoms with Crippen molar-refractivity contribution in [1.29, 1.82) is 5.26 Å². The zero-order valence-electron chi connectivity index (χ0n) is 10.2. The van der Waals surface area contributed by atoms with Gasteiger partial charge in [-0.25, -0.2) is 0 Å². The van der Waals surface area contributed by atoms with E-state index in [1.807, 2.05) is 6.07 Å². The minimum atomic E-state index is 0.150. The lowest BCUT2D eigenvalue weighted by atomic mass is 9.52. The first-order valence-corrected chi connectivity index (χ1v) is 6.37. The van der Waals surface area contributed by atoms with Gasteiger partial charge >= 0.3 is 0 Å². The number of methoxy groups -OCH3 is 1. The molecule has 0 unspecified atom stereocenters. The summed E-state index contributed by atoms with van der Waals surface area (Å²) < 4.78 is 5.33. The van der Waals surface area contributed by atoms with Gasteiger partial charge in [0.2, 0.25) is 0 Å². The van der Waals surface area contributed by atoms with Crippen molar-refractivity contribution in [3.05, 3.63) is 29.3 Å². The molecule has 2 atom stereocenters. The molecule has 0 aromatic heterocycles. The molecular formula is C15H17NO. The highest BCUT2D eigenvalue weighted by atomic mass is 16.5. The molecule has 1 saturated carbocycles. The summed E-state index contributed by atoms with van der Waals surface area (Å²) in [6.45, 7) is 0. The highest BCUT2D eigenvalue weighted by Gasteiger charge is 2.50. The van der Waals surface area contributed by atoms with Crippen molar-refractivity contribution in [3.63, 3.8) is 0 Å². The van der Waals surface area contributed by atoms with Crippen molar-refractivity contribution in [2.24, 2.45) is 5.92 Å². The van der Waals surface area contributed by atoms with Crippen LogP contribution >= 0.6 is 0 Å². The number of fused-ring (bicyclic) bond motifs is 2. The Hall–Kier alpha value is -1.49. The van der Waals surface area contributed by atoms with Crippen molar-refractivity contribution < 1.29 is 4.74 Å². The predicted molar refractivity (Wildman–Crippen MR) is 65.9 cm³/mol. The van der Waals surface area contributed by atoms with Crippen molar-refractivity contribution in [3.8, 4) is 11.8 Å². The molecule has 1 fully saturated rings. The molecule has 17 heavy (non-hydrogen) atoms. The molecule has 2 nitrogen and oxygen atoms in total. The number of nitrogens with zero attached hydrogens (tertiary/aromatic N) is 1. The Morgan fingerprint density at radius 1 is 1.41 bits per heavy atom. The van der Waals surface area contributed by atoms with E-state index >= 15 is 0 Å². The minimum absolute atomic E-state index is 0.150. The van der Waals surface area contributed by atoms with E-state index in [4.69, 9.17) is 4.74 Å². The van der Waals surface area contributed by atoms with Gasteiger partial charge in [-0.3, -0.25) is 0 Å². The van der Waals surface area contributed by atoms with Crippen molar-refractivity contribution in [1.82, 2.24) is 0 Å². The van der Waals surface area contributed by atoms with Crippen LogP contribution in [0.25, 0.3) is 0 Å². The van der Waals surface area contributed by atoms with Crippen LogP contribution < -0.4 is 4.74 Å². The lowest BCUT2D eigenvalue weighted by molar-refractivity contribution is 0.143. The summed E-state index contributed by atoms with van der Waals surface area (Å²) >= 11 is 0. The fourth-order valence-corrected chi connectivity index (χ4v) is 3.54. The highest BCUT2D eigenvalue weighted by molar-refractivity contribution is 5.45. The Morgan fingerprint density at radius 3 is 2.94 bits per heavy atom. The number of aryl methyl sites for hydroxylation is 1. The Bertz CT molecular complexity index is 488. The maximum atomic E-state index is 9.27. The SMILES string of the molecule is COc1ccc2c(c1)[C@@]1(CCC2)CC[C@@H]1C#N. The molecule has 2 heteroatoms. The van der Waals surface area contributed by atoms with Crippen LogP contribution in [-0.2, 0) is 11.8 Å². The molecule has 2 aliphatic carbocycles. The predicted octanol–water partition coefficient (Wildman–Crippen LogP) is 3.20. The van der Waals surface area contributed by atoms with Crippen LogP contribution in [0.1, 0.15) is 36.8 Å². The molecule has 0 amide bonds. The quantitative estimate of drug-likeness (QED) is 0.738. The summed E-state index contributed by atoms with van der Waals surface area (Å²) in [5, 5.41) is 9.27. The maximum absolute atomic E-state index is 9.27. The Balaban J connectivity index is 2.10. The van der Waals surface area contributed by atoms with E-state index in [1.54, 1.807) is 7.11 Å². The lowest BCUT2D eigenvalue weighted by Crippen LogP contribution is -2.46. The van der Waals surface area contributed by atoms with Gasteiger partial charge in [0.1, 0.15) is 5.75 Å². The van der Waals surface area contributed by atoms with Crippen LogP contribution in [0.5, 0.6) is 5.75 Å². The van der Waals surface area contributed by atoms with E-state index in [-0.39, 0.29) is 11.3 Å². The Kier molecular flexibility index (Phi) is 2.36. The molecule has 0 heterocycles. The van der Waals surface area contributed by atoms with Gasteiger partial charge in [-0.1, -0.05) is 6.07 Å². The molecule has 1 aromatic rings. The lowest BCUT2D eigenvalue weighted by Gasteiger charge is -2.50. The van der Waals surface area contributed by atoms with Crippen LogP contribution in [0, 0.1) is 17.2 Å². The minimum Gasteiger partial charge on any atom is -0.497 e. The monoisotopic (exact) mass is 227 g/mol. The van der Waals surface area contributed by atoms with Gasteiger partial charge in [0.25, 0.3) is 0 Å². The second-order valence-corrected chi connectivity index (χ2v) is 5.25. The number of ether oxygens (including phenoxy) is 1. The molecule has 1 spiro atoms. The third-order valence-electron chi connectivity index (χ3n) is 4.62. The summed E-state index contributed by atoms with van der Waals surface area (Å²) in [5.41, 5.74) is 2.97. The first-order valence-electron chi connectivity index (χ1n) is 6.37. The molecule has 0 saturated heterocycles. The van der Waals surface area contributed by atoms with Crippen LogP contribution in [0.3, 0.4) is 0 Å². The van der Waals surface area contributed by atoms with Crippen LogP contribution in [-0.4, -0.2) is 7.11 Å². The first kappa shape index (κ1) is 10.7. The number of hydrogen-bond donors (Lipinski definition) is 0. The van der Waals surface area contributed by atoms with Gasteiger partial charge in [-0.15, -0.1) is 0 Å². The van der Waals surface area contributed by atoms with Gasteiger partial charge in [0.15, 0.2) is 0 Å². The molecule has 0 aliphatic heterocycles. The second kappa shape index (κ2) is 3.77. The van der Waals surface area contributed by atoms with E-state index in [0.717, 1.165) is 18.6 Å². The van der Waals surface area contributed by atoms with E-state index in [2.05, 4.69) is 18.2 Å². The summed E-state index contributed by atoms with van der Waals surface area (Å²) in [6.07, 6.45) is 5.78. The van der Waals surface area contributed by atoms with E-state index in [1.165, 1.54) is 30.4 Å². The largest absolute Gasteiger partial charge is 0.497 e. The fourth-order valence-electron chi connectivity index (χ4n) is 3.54. The Labute approximate surface area is 102 Å². The maximum Gasteiger partial charge on any atom is 0.119 e.